The van der Waals surface area contributed by atoms with Crippen LogP contribution >= 0.6 is 0 Å². The molecule has 2 aromatic carbocycles. The number of hydrogen-bond donors (Lipinski definition) is 0. The van der Waals surface area contributed by atoms with Gasteiger partial charge in [-0.25, -0.2) is 4.39 Å². The number of piperidine rings is 1. The van der Waals surface area contributed by atoms with Gasteiger partial charge in [0.05, 0.1) is 0 Å². The molecule has 31 heavy (non-hydrogen) atoms. The Bertz CT molecular complexity index is 984. The molecule has 0 aliphatic carbocycles. The molecule has 0 aromatic heterocycles. The summed E-state index contributed by atoms with van der Waals surface area (Å²) >= 11 is 0. The second-order valence-corrected chi connectivity index (χ2v) is 8.24. The van der Waals surface area contributed by atoms with Crippen LogP contribution in [0.25, 0.3) is 0 Å². The van der Waals surface area contributed by atoms with Gasteiger partial charge in [-0.15, -0.1) is 0 Å². The highest BCUT2D eigenvalue weighted by atomic mass is 19.1. The molecular weight excluding hydrogens is 397 g/mol. The van der Waals surface area contributed by atoms with Crippen LogP contribution in [-0.2, 0) is 16.1 Å². The van der Waals surface area contributed by atoms with Crippen molar-refractivity contribution in [3.8, 4) is 0 Å². The summed E-state index contributed by atoms with van der Waals surface area (Å²) in [6, 6.07) is 13.5. The van der Waals surface area contributed by atoms with Crippen LogP contribution < -0.4 is 0 Å². The molecule has 0 atom stereocenters. The molecule has 2 aliphatic heterocycles. The van der Waals surface area contributed by atoms with E-state index in [0.717, 1.165) is 5.56 Å². The molecule has 0 radical (unpaired) electrons. The van der Waals surface area contributed by atoms with Gasteiger partial charge in [0.1, 0.15) is 5.82 Å². The van der Waals surface area contributed by atoms with E-state index in [1.54, 1.807) is 17.0 Å². The Kier molecular flexibility index (Phi) is 6.02. The monoisotopic (exact) mass is 423 g/mol. The van der Waals surface area contributed by atoms with Crippen LogP contribution in [0.5, 0.6) is 0 Å². The normalized spacial score (nSPS) is 17.9. The third-order valence-corrected chi connectivity index (χ3v) is 6.10. The fourth-order valence-corrected chi connectivity index (χ4v) is 4.30. The maximum Gasteiger partial charge on any atom is 0.312 e. The van der Waals surface area contributed by atoms with Crippen LogP contribution in [0.4, 0.5) is 4.39 Å². The van der Waals surface area contributed by atoms with Crippen molar-refractivity contribution in [3.05, 3.63) is 71.0 Å². The lowest BCUT2D eigenvalue weighted by atomic mass is 10.0. The average Bonchev–Trinajstić information content (AvgIpc) is 2.77. The number of aryl methyl sites for hydroxylation is 1. The van der Waals surface area contributed by atoms with Crippen molar-refractivity contribution in [3.63, 3.8) is 0 Å². The molecule has 3 amide bonds. The van der Waals surface area contributed by atoms with Crippen molar-refractivity contribution < 1.29 is 18.8 Å². The number of hydrogen-bond acceptors (Lipinski definition) is 3. The topological polar surface area (TPSA) is 60.9 Å². The summed E-state index contributed by atoms with van der Waals surface area (Å²) in [4.78, 5) is 43.0. The zero-order chi connectivity index (χ0) is 22.0. The van der Waals surface area contributed by atoms with Crippen molar-refractivity contribution in [2.24, 2.45) is 0 Å². The molecule has 0 spiro atoms. The molecule has 162 valence electrons. The molecule has 7 heteroatoms. The standard InChI is InChI=1S/C24H26FN3O3/c1-17-5-7-19(8-6-17)22(29)26-11-9-21(10-12-26)28-14-13-27(23(30)24(28)31)16-18-3-2-4-20(25)15-18/h2-8,15,21H,9-14,16H2,1H3. The number of amides is 3. The van der Waals surface area contributed by atoms with Gasteiger partial charge in [0.15, 0.2) is 0 Å². The second-order valence-electron chi connectivity index (χ2n) is 8.24. The van der Waals surface area contributed by atoms with E-state index in [9.17, 15) is 18.8 Å². The summed E-state index contributed by atoms with van der Waals surface area (Å²) in [7, 11) is 0. The minimum Gasteiger partial charge on any atom is -0.338 e. The summed E-state index contributed by atoms with van der Waals surface area (Å²) in [6.45, 7) is 4.19. The Labute approximate surface area is 181 Å². The minimum absolute atomic E-state index is 0.000709. The van der Waals surface area contributed by atoms with Crippen molar-refractivity contribution in [1.29, 1.82) is 0 Å². The number of carbonyl (C=O) groups is 3. The van der Waals surface area contributed by atoms with Gasteiger partial charge in [0.2, 0.25) is 0 Å². The lowest BCUT2D eigenvalue weighted by Crippen LogP contribution is -2.59. The largest absolute Gasteiger partial charge is 0.338 e. The van der Waals surface area contributed by atoms with E-state index in [2.05, 4.69) is 0 Å². The van der Waals surface area contributed by atoms with Crippen LogP contribution in [0.2, 0.25) is 0 Å². The first kappa shape index (κ1) is 21.0. The molecule has 2 fully saturated rings. The average molecular weight is 423 g/mol. The van der Waals surface area contributed by atoms with Crippen molar-refractivity contribution in [2.75, 3.05) is 26.2 Å². The maximum atomic E-state index is 13.4. The van der Waals surface area contributed by atoms with E-state index in [4.69, 9.17) is 0 Å². The number of benzene rings is 2. The summed E-state index contributed by atoms with van der Waals surface area (Å²) < 4.78 is 13.4. The van der Waals surface area contributed by atoms with E-state index >= 15 is 0 Å². The third kappa shape index (κ3) is 4.60. The van der Waals surface area contributed by atoms with E-state index in [0.29, 0.717) is 50.1 Å². The molecule has 2 saturated heterocycles. The summed E-state index contributed by atoms with van der Waals surface area (Å²) in [5.41, 5.74) is 2.44. The molecule has 0 bridgehead atoms. The zero-order valence-corrected chi connectivity index (χ0v) is 17.6. The quantitative estimate of drug-likeness (QED) is 0.711. The highest BCUT2D eigenvalue weighted by Gasteiger charge is 2.38. The molecule has 6 nitrogen and oxygen atoms in total. The second kappa shape index (κ2) is 8.88. The van der Waals surface area contributed by atoms with Gasteiger partial charge in [-0.1, -0.05) is 29.8 Å². The molecule has 0 unspecified atom stereocenters. The number of halogens is 1. The van der Waals surface area contributed by atoms with E-state index in [1.807, 2.05) is 36.1 Å². The Morgan fingerprint density at radius 1 is 0.968 bits per heavy atom. The predicted molar refractivity (Wildman–Crippen MR) is 114 cm³/mol. The van der Waals surface area contributed by atoms with Crippen LogP contribution in [0.3, 0.4) is 0 Å². The number of nitrogens with zero attached hydrogens (tertiary/aromatic N) is 3. The van der Waals surface area contributed by atoms with Gasteiger partial charge in [-0.3, -0.25) is 14.4 Å². The van der Waals surface area contributed by atoms with Crippen molar-refractivity contribution in [1.82, 2.24) is 14.7 Å². The van der Waals surface area contributed by atoms with Gasteiger partial charge in [-0.2, -0.15) is 0 Å². The van der Waals surface area contributed by atoms with Crippen LogP contribution in [-0.4, -0.2) is 64.6 Å². The minimum atomic E-state index is -0.548. The molecule has 2 heterocycles. The summed E-state index contributed by atoms with van der Waals surface area (Å²) in [6.07, 6.45) is 1.31. The number of rotatable bonds is 4. The first-order valence-corrected chi connectivity index (χ1v) is 10.6. The number of carbonyl (C=O) groups excluding carboxylic acids is 3. The molecular formula is C24H26FN3O3. The smallest absolute Gasteiger partial charge is 0.312 e. The first-order valence-electron chi connectivity index (χ1n) is 10.6. The number of piperazine rings is 1. The van der Waals surface area contributed by atoms with Crippen LogP contribution in [0.15, 0.2) is 48.5 Å². The van der Waals surface area contributed by atoms with E-state index < -0.39 is 11.8 Å². The number of likely N-dealkylation sites (tertiary alicyclic amines) is 1. The van der Waals surface area contributed by atoms with Gasteiger partial charge >= 0.3 is 11.8 Å². The van der Waals surface area contributed by atoms with Gasteiger partial charge in [0, 0.05) is 44.3 Å². The Morgan fingerprint density at radius 2 is 1.68 bits per heavy atom. The lowest BCUT2D eigenvalue weighted by molar-refractivity contribution is -0.158. The molecule has 2 aromatic rings. The maximum absolute atomic E-state index is 13.4. The van der Waals surface area contributed by atoms with E-state index in [-0.39, 0.29) is 24.3 Å². The summed E-state index contributed by atoms with van der Waals surface area (Å²) in [5.74, 6) is -1.41. The highest BCUT2D eigenvalue weighted by molar-refractivity contribution is 6.35. The Balaban J connectivity index is 1.33. The Morgan fingerprint density at radius 3 is 2.35 bits per heavy atom. The molecule has 0 saturated carbocycles. The lowest BCUT2D eigenvalue weighted by Gasteiger charge is -2.42. The fraction of sp³-hybridized carbons (Fsp3) is 0.375. The van der Waals surface area contributed by atoms with E-state index in [1.165, 1.54) is 17.0 Å². The van der Waals surface area contributed by atoms with Crippen molar-refractivity contribution >= 4 is 17.7 Å². The van der Waals surface area contributed by atoms with Crippen LogP contribution in [0.1, 0.15) is 34.3 Å². The van der Waals surface area contributed by atoms with Gasteiger partial charge in [0.25, 0.3) is 5.91 Å². The highest BCUT2D eigenvalue weighted by Crippen LogP contribution is 2.22. The Hall–Kier alpha value is -3.22. The van der Waals surface area contributed by atoms with Crippen LogP contribution in [0, 0.1) is 12.7 Å². The van der Waals surface area contributed by atoms with Gasteiger partial charge < -0.3 is 14.7 Å². The SMILES string of the molecule is Cc1ccc(C(=O)N2CCC(N3CCN(Cc4cccc(F)c4)C(=O)C3=O)CC2)cc1. The zero-order valence-electron chi connectivity index (χ0n) is 17.6. The third-order valence-electron chi connectivity index (χ3n) is 6.10. The van der Waals surface area contributed by atoms with Gasteiger partial charge in [-0.05, 0) is 49.6 Å². The first-order chi connectivity index (χ1) is 14.9. The molecule has 0 N–H and O–H groups in total. The fourth-order valence-electron chi connectivity index (χ4n) is 4.30. The predicted octanol–water partition coefficient (Wildman–Crippen LogP) is 2.61. The molecule has 4 rings (SSSR count). The van der Waals surface area contributed by atoms with Crippen molar-refractivity contribution in [2.45, 2.75) is 32.4 Å². The molecule has 2 aliphatic rings. The summed E-state index contributed by atoms with van der Waals surface area (Å²) in [5, 5.41) is 0.